The normalized spacial score (nSPS) is 12.5. The number of amides is 2. The zero-order valence-corrected chi connectivity index (χ0v) is 13.5. The number of aliphatic hydroxyl groups excluding tert-OH is 1. The minimum atomic E-state index is -0.342. The molecule has 2 amide bonds. The summed E-state index contributed by atoms with van der Waals surface area (Å²) in [6, 6.07) is 13.1. The summed E-state index contributed by atoms with van der Waals surface area (Å²) in [5, 5.41) is 15.3. The smallest absolute Gasteiger partial charge is 0.319 e. The van der Waals surface area contributed by atoms with E-state index in [0.717, 1.165) is 5.56 Å². The number of nitrogens with zero attached hydrogens (tertiary/aromatic N) is 1. The average Bonchev–Trinajstić information content (AvgIpc) is 2.56. The van der Waals surface area contributed by atoms with Crippen LogP contribution in [0.5, 0.6) is 0 Å². The van der Waals surface area contributed by atoms with Gasteiger partial charge in [0.2, 0.25) is 0 Å². The van der Waals surface area contributed by atoms with Crippen LogP contribution < -0.4 is 10.6 Å². The molecule has 1 aromatic heterocycles. The number of aliphatic hydroxyl groups is 1. The van der Waals surface area contributed by atoms with Crippen LogP contribution in [0.3, 0.4) is 0 Å². The fraction of sp³-hybridized carbons (Fsp3) is 0.333. The highest BCUT2D eigenvalue weighted by Gasteiger charge is 2.30. The third-order valence-electron chi connectivity index (χ3n) is 3.96. The number of urea groups is 1. The lowest BCUT2D eigenvalue weighted by Crippen LogP contribution is -2.38. The predicted molar refractivity (Wildman–Crippen MR) is 91.3 cm³/mol. The molecule has 0 fully saturated rings. The summed E-state index contributed by atoms with van der Waals surface area (Å²) in [5.41, 5.74) is 1.44. The summed E-state index contributed by atoms with van der Waals surface area (Å²) in [6.45, 7) is 4.47. The minimum Gasteiger partial charge on any atom is -0.396 e. The molecule has 5 heteroatoms. The van der Waals surface area contributed by atoms with Gasteiger partial charge in [-0.25, -0.2) is 4.79 Å². The van der Waals surface area contributed by atoms with Gasteiger partial charge < -0.3 is 15.7 Å². The van der Waals surface area contributed by atoms with Crippen LogP contribution in [0.2, 0.25) is 0 Å². The second-order valence-electron chi connectivity index (χ2n) is 6.18. The van der Waals surface area contributed by atoms with Gasteiger partial charge in [-0.2, -0.15) is 0 Å². The van der Waals surface area contributed by atoms with Crippen LogP contribution >= 0.6 is 0 Å². The first-order valence-corrected chi connectivity index (χ1v) is 7.63. The zero-order valence-electron chi connectivity index (χ0n) is 13.5. The maximum atomic E-state index is 12.1. The number of carbonyl (C=O) groups excluding carboxylic acids is 1. The lowest BCUT2D eigenvalue weighted by Gasteiger charge is -2.33. The van der Waals surface area contributed by atoms with E-state index >= 15 is 0 Å². The number of pyridine rings is 1. The van der Waals surface area contributed by atoms with Gasteiger partial charge in [-0.05, 0) is 23.1 Å². The lowest BCUT2D eigenvalue weighted by molar-refractivity contribution is 0.130. The highest BCUT2D eigenvalue weighted by molar-refractivity contribution is 5.89. The van der Waals surface area contributed by atoms with Gasteiger partial charge in [0.05, 0.1) is 0 Å². The first-order valence-electron chi connectivity index (χ1n) is 7.63. The molecule has 2 rings (SSSR count). The minimum absolute atomic E-state index is 0.0110. The topological polar surface area (TPSA) is 74.2 Å². The number of nitrogens with one attached hydrogen (secondary N) is 2. The van der Waals surface area contributed by atoms with Gasteiger partial charge in [0.25, 0.3) is 0 Å². The maximum absolute atomic E-state index is 12.1. The Balaban J connectivity index is 2.03. The Morgan fingerprint density at radius 3 is 2.43 bits per heavy atom. The summed E-state index contributed by atoms with van der Waals surface area (Å²) in [4.78, 5) is 16.0. The molecule has 3 N–H and O–H groups in total. The number of rotatable bonds is 6. The Morgan fingerprint density at radius 1 is 1.17 bits per heavy atom. The van der Waals surface area contributed by atoms with Gasteiger partial charge in [0.15, 0.2) is 0 Å². The zero-order chi connectivity index (χ0) is 16.7. The van der Waals surface area contributed by atoms with Crippen molar-refractivity contribution in [3.05, 3.63) is 60.4 Å². The van der Waals surface area contributed by atoms with Gasteiger partial charge in [-0.1, -0.05) is 44.2 Å². The molecular weight excluding hydrogens is 290 g/mol. The van der Waals surface area contributed by atoms with Crippen molar-refractivity contribution >= 4 is 11.7 Å². The summed E-state index contributed by atoms with van der Waals surface area (Å²) in [5.74, 6) is 0.0110. The summed E-state index contributed by atoms with van der Waals surface area (Å²) in [6.07, 6.45) is 3.24. The van der Waals surface area contributed by atoms with Crippen molar-refractivity contribution < 1.29 is 9.90 Å². The van der Waals surface area contributed by atoms with Crippen molar-refractivity contribution in [3.63, 3.8) is 0 Å². The van der Waals surface area contributed by atoms with E-state index in [9.17, 15) is 9.90 Å². The van der Waals surface area contributed by atoms with Crippen molar-refractivity contribution in [3.8, 4) is 0 Å². The standard InChI is InChI=1S/C18H23N3O2/c1-18(2,13-22)16(14-6-4-3-5-7-14)12-20-17(23)21-15-8-10-19-11-9-15/h3-11,16,22H,12-13H2,1-2H3,(H2,19,20,21,23). The summed E-state index contributed by atoms with van der Waals surface area (Å²) < 4.78 is 0. The molecule has 0 aliphatic carbocycles. The van der Waals surface area contributed by atoms with E-state index in [4.69, 9.17) is 0 Å². The fourth-order valence-corrected chi connectivity index (χ4v) is 2.45. The first-order chi connectivity index (χ1) is 11.0. The maximum Gasteiger partial charge on any atom is 0.319 e. The predicted octanol–water partition coefficient (Wildman–Crippen LogP) is 3.01. The summed E-state index contributed by atoms with van der Waals surface area (Å²) in [7, 11) is 0. The molecule has 2 aromatic rings. The quantitative estimate of drug-likeness (QED) is 0.767. The van der Waals surface area contributed by atoms with Crippen LogP contribution in [0.1, 0.15) is 25.3 Å². The van der Waals surface area contributed by atoms with Gasteiger partial charge in [-0.3, -0.25) is 4.98 Å². The average molecular weight is 313 g/mol. The number of anilines is 1. The highest BCUT2D eigenvalue weighted by Crippen LogP contribution is 2.34. The van der Waals surface area contributed by atoms with E-state index in [-0.39, 0.29) is 24.0 Å². The van der Waals surface area contributed by atoms with E-state index in [1.54, 1.807) is 24.5 Å². The van der Waals surface area contributed by atoms with E-state index in [1.807, 2.05) is 44.2 Å². The first kappa shape index (κ1) is 17.0. The molecule has 1 heterocycles. The second-order valence-corrected chi connectivity index (χ2v) is 6.18. The van der Waals surface area contributed by atoms with Crippen LogP contribution in [0.25, 0.3) is 0 Å². The Kier molecular flexibility index (Phi) is 5.71. The number of hydrogen-bond donors (Lipinski definition) is 3. The SMILES string of the molecule is CC(C)(CO)C(CNC(=O)Nc1ccncc1)c1ccccc1. The van der Waals surface area contributed by atoms with E-state index < -0.39 is 0 Å². The van der Waals surface area contributed by atoms with E-state index in [2.05, 4.69) is 15.6 Å². The van der Waals surface area contributed by atoms with Crippen LogP contribution in [0.4, 0.5) is 10.5 Å². The number of aromatic nitrogens is 1. The van der Waals surface area contributed by atoms with Crippen molar-refractivity contribution in [1.29, 1.82) is 0 Å². The number of benzene rings is 1. The van der Waals surface area contributed by atoms with Crippen LogP contribution in [-0.2, 0) is 0 Å². The largest absolute Gasteiger partial charge is 0.396 e. The molecule has 0 aliphatic rings. The Labute approximate surface area is 136 Å². The number of hydrogen-bond acceptors (Lipinski definition) is 3. The highest BCUT2D eigenvalue weighted by atomic mass is 16.3. The fourth-order valence-electron chi connectivity index (χ4n) is 2.45. The molecule has 5 nitrogen and oxygen atoms in total. The van der Waals surface area contributed by atoms with E-state index in [0.29, 0.717) is 12.2 Å². The van der Waals surface area contributed by atoms with Crippen molar-refractivity contribution in [2.45, 2.75) is 19.8 Å². The lowest BCUT2D eigenvalue weighted by atomic mass is 9.75. The van der Waals surface area contributed by atoms with Crippen molar-refractivity contribution in [2.24, 2.45) is 5.41 Å². The molecule has 0 aliphatic heterocycles. The second kappa shape index (κ2) is 7.74. The Bertz CT molecular complexity index is 615. The van der Waals surface area contributed by atoms with Crippen molar-refractivity contribution in [1.82, 2.24) is 10.3 Å². The third-order valence-corrected chi connectivity index (χ3v) is 3.96. The van der Waals surface area contributed by atoms with Crippen LogP contribution in [0, 0.1) is 5.41 Å². The van der Waals surface area contributed by atoms with Crippen LogP contribution in [-0.4, -0.2) is 29.3 Å². The molecular formula is C18H23N3O2. The van der Waals surface area contributed by atoms with Crippen LogP contribution in [0.15, 0.2) is 54.9 Å². The number of carbonyl (C=O) groups is 1. The Morgan fingerprint density at radius 2 is 1.83 bits per heavy atom. The summed E-state index contributed by atoms with van der Waals surface area (Å²) >= 11 is 0. The van der Waals surface area contributed by atoms with Gasteiger partial charge in [0, 0.05) is 37.2 Å². The van der Waals surface area contributed by atoms with Gasteiger partial charge in [0.1, 0.15) is 0 Å². The molecule has 0 saturated carbocycles. The monoisotopic (exact) mass is 313 g/mol. The molecule has 23 heavy (non-hydrogen) atoms. The third kappa shape index (κ3) is 4.79. The van der Waals surface area contributed by atoms with Crippen molar-refractivity contribution in [2.75, 3.05) is 18.5 Å². The molecule has 0 radical (unpaired) electrons. The molecule has 1 atom stereocenters. The van der Waals surface area contributed by atoms with E-state index in [1.165, 1.54) is 0 Å². The Hall–Kier alpha value is -2.40. The molecule has 1 aromatic carbocycles. The molecule has 0 spiro atoms. The van der Waals surface area contributed by atoms with Gasteiger partial charge in [-0.15, -0.1) is 0 Å². The molecule has 0 bridgehead atoms. The van der Waals surface area contributed by atoms with Gasteiger partial charge >= 0.3 is 6.03 Å². The molecule has 0 saturated heterocycles. The molecule has 1 unspecified atom stereocenters. The molecule has 122 valence electrons.